The Balaban J connectivity index is 2.31. The second kappa shape index (κ2) is 4.29. The molecule has 0 aromatic rings. The van der Waals surface area contributed by atoms with Crippen LogP contribution < -0.4 is 10.6 Å². The minimum atomic E-state index is -1.22. The van der Waals surface area contributed by atoms with Crippen molar-refractivity contribution in [3.05, 3.63) is 0 Å². The lowest BCUT2D eigenvalue weighted by molar-refractivity contribution is -0.149. The maximum Gasteiger partial charge on any atom is 0.319 e. The molecule has 6 nitrogen and oxygen atoms in total. The molecule has 0 heterocycles. The summed E-state index contributed by atoms with van der Waals surface area (Å²) in [6.07, 6.45) is 0.931. The predicted octanol–water partition coefficient (Wildman–Crippen LogP) is -0.896. The molecule has 0 aromatic carbocycles. The smallest absolute Gasteiger partial charge is 0.319 e. The van der Waals surface area contributed by atoms with Crippen molar-refractivity contribution < 1.29 is 19.5 Å². The molecule has 15 heavy (non-hydrogen) atoms. The maximum absolute atomic E-state index is 11.4. The molecule has 0 aromatic heterocycles. The van der Waals surface area contributed by atoms with Crippen LogP contribution in [0.2, 0.25) is 0 Å². The third-order valence-corrected chi connectivity index (χ3v) is 2.51. The van der Waals surface area contributed by atoms with Gasteiger partial charge in [-0.3, -0.25) is 14.4 Å². The van der Waals surface area contributed by atoms with E-state index in [2.05, 4.69) is 10.6 Å². The monoisotopic (exact) mass is 214 g/mol. The van der Waals surface area contributed by atoms with Crippen molar-refractivity contribution in [1.82, 2.24) is 10.6 Å². The lowest BCUT2D eigenvalue weighted by atomic mass is 10.1. The number of carboxylic acid groups (broad SMARTS) is 1. The molecule has 0 bridgehead atoms. The summed E-state index contributed by atoms with van der Waals surface area (Å²) in [6.45, 7) is 0.174. The third-order valence-electron chi connectivity index (χ3n) is 2.51. The molecule has 0 saturated heterocycles. The van der Waals surface area contributed by atoms with Crippen LogP contribution in [-0.2, 0) is 14.4 Å². The van der Waals surface area contributed by atoms with Gasteiger partial charge in [0.25, 0.3) is 0 Å². The summed E-state index contributed by atoms with van der Waals surface area (Å²) in [7, 11) is 1.50. The first-order valence-corrected chi connectivity index (χ1v) is 4.75. The van der Waals surface area contributed by atoms with E-state index >= 15 is 0 Å². The molecule has 0 unspecified atom stereocenters. The maximum atomic E-state index is 11.4. The molecule has 1 saturated carbocycles. The molecule has 1 aliphatic carbocycles. The summed E-state index contributed by atoms with van der Waals surface area (Å²) in [5, 5.41) is 13.6. The van der Waals surface area contributed by atoms with Crippen LogP contribution in [0.25, 0.3) is 0 Å². The first-order valence-electron chi connectivity index (χ1n) is 4.75. The van der Waals surface area contributed by atoms with Gasteiger partial charge in [0, 0.05) is 20.0 Å². The molecule has 1 aliphatic rings. The predicted molar refractivity (Wildman–Crippen MR) is 51.0 cm³/mol. The van der Waals surface area contributed by atoms with Gasteiger partial charge in [0.05, 0.1) is 0 Å². The normalized spacial score (nSPS) is 16.6. The fourth-order valence-corrected chi connectivity index (χ4v) is 1.25. The summed E-state index contributed by atoms with van der Waals surface area (Å²) < 4.78 is 0. The quantitative estimate of drug-likeness (QED) is 0.517. The van der Waals surface area contributed by atoms with Crippen molar-refractivity contribution in [2.45, 2.75) is 19.3 Å². The number of carbonyl (C=O) groups is 3. The van der Waals surface area contributed by atoms with Gasteiger partial charge in [0.15, 0.2) is 0 Å². The van der Waals surface area contributed by atoms with Crippen LogP contribution in [0.15, 0.2) is 0 Å². The second-order valence-electron chi connectivity index (χ2n) is 3.57. The zero-order valence-corrected chi connectivity index (χ0v) is 8.50. The summed E-state index contributed by atoms with van der Waals surface area (Å²) in [4.78, 5) is 33.0. The molecule has 1 fully saturated rings. The number of amides is 2. The van der Waals surface area contributed by atoms with E-state index in [9.17, 15) is 14.4 Å². The molecule has 2 amide bonds. The zero-order valence-electron chi connectivity index (χ0n) is 8.50. The van der Waals surface area contributed by atoms with Gasteiger partial charge in [0.1, 0.15) is 5.41 Å². The second-order valence-corrected chi connectivity index (χ2v) is 3.57. The number of hydrogen-bond acceptors (Lipinski definition) is 3. The number of rotatable bonds is 5. The molecule has 3 N–H and O–H groups in total. The number of nitrogens with one attached hydrogen (secondary N) is 2. The molecule has 0 atom stereocenters. The molecule has 6 heteroatoms. The van der Waals surface area contributed by atoms with E-state index in [0.717, 1.165) is 0 Å². The highest BCUT2D eigenvalue weighted by Gasteiger charge is 2.56. The van der Waals surface area contributed by atoms with Gasteiger partial charge < -0.3 is 15.7 Å². The number of aliphatic carboxylic acids is 1. The van der Waals surface area contributed by atoms with E-state index in [1.54, 1.807) is 0 Å². The van der Waals surface area contributed by atoms with Crippen LogP contribution >= 0.6 is 0 Å². The Labute approximate surface area is 87.0 Å². The highest BCUT2D eigenvalue weighted by atomic mass is 16.4. The van der Waals surface area contributed by atoms with Crippen molar-refractivity contribution in [3.63, 3.8) is 0 Å². The average molecular weight is 214 g/mol. The van der Waals surface area contributed by atoms with Gasteiger partial charge in [-0.1, -0.05) is 0 Å². The number of hydrogen-bond donors (Lipinski definition) is 3. The van der Waals surface area contributed by atoms with Gasteiger partial charge in [-0.05, 0) is 12.8 Å². The topological polar surface area (TPSA) is 95.5 Å². The van der Waals surface area contributed by atoms with Crippen molar-refractivity contribution in [1.29, 1.82) is 0 Å². The van der Waals surface area contributed by atoms with E-state index in [1.807, 2.05) is 0 Å². The van der Waals surface area contributed by atoms with Gasteiger partial charge in [-0.15, -0.1) is 0 Å². The minimum absolute atomic E-state index is 0.165. The molecule has 0 spiro atoms. The molecule has 0 aliphatic heterocycles. The SMILES string of the molecule is CNC(=O)CCNC(=O)C1(C(=O)O)CC1. The Hall–Kier alpha value is -1.59. The number of carbonyl (C=O) groups excluding carboxylic acids is 2. The van der Waals surface area contributed by atoms with Crippen LogP contribution in [-0.4, -0.2) is 36.5 Å². The largest absolute Gasteiger partial charge is 0.480 e. The van der Waals surface area contributed by atoms with Crippen molar-refractivity contribution in [3.8, 4) is 0 Å². The molecule has 1 rings (SSSR count). The lowest BCUT2D eigenvalue weighted by Gasteiger charge is -2.09. The van der Waals surface area contributed by atoms with Crippen LogP contribution in [0.5, 0.6) is 0 Å². The van der Waals surface area contributed by atoms with Crippen LogP contribution in [0.1, 0.15) is 19.3 Å². The zero-order chi connectivity index (χ0) is 11.5. The first kappa shape index (κ1) is 11.5. The summed E-state index contributed by atoms with van der Waals surface area (Å²) >= 11 is 0. The summed E-state index contributed by atoms with van der Waals surface area (Å²) in [5.74, 6) is -1.76. The molecule has 0 radical (unpaired) electrons. The Morgan fingerprint density at radius 3 is 2.33 bits per heavy atom. The first-order chi connectivity index (χ1) is 7.03. The average Bonchev–Trinajstić information content (AvgIpc) is 2.97. The Kier molecular flexibility index (Phi) is 3.28. The van der Waals surface area contributed by atoms with Crippen LogP contribution in [0.3, 0.4) is 0 Å². The third kappa shape index (κ3) is 2.45. The minimum Gasteiger partial charge on any atom is -0.480 e. The highest BCUT2D eigenvalue weighted by molar-refractivity contribution is 6.04. The van der Waals surface area contributed by atoms with Crippen LogP contribution in [0.4, 0.5) is 0 Å². The van der Waals surface area contributed by atoms with E-state index in [0.29, 0.717) is 12.8 Å². The fraction of sp³-hybridized carbons (Fsp3) is 0.667. The van der Waals surface area contributed by atoms with Crippen molar-refractivity contribution >= 4 is 17.8 Å². The van der Waals surface area contributed by atoms with Crippen molar-refractivity contribution in [2.24, 2.45) is 5.41 Å². The summed E-state index contributed by atoms with van der Waals surface area (Å²) in [5.41, 5.74) is -1.22. The van der Waals surface area contributed by atoms with E-state index < -0.39 is 17.3 Å². The van der Waals surface area contributed by atoms with E-state index in [4.69, 9.17) is 5.11 Å². The fourth-order valence-electron chi connectivity index (χ4n) is 1.25. The Bertz CT molecular complexity index is 296. The van der Waals surface area contributed by atoms with Crippen molar-refractivity contribution in [2.75, 3.05) is 13.6 Å². The number of carboxylic acids is 1. The van der Waals surface area contributed by atoms with E-state index in [-0.39, 0.29) is 18.9 Å². The lowest BCUT2D eigenvalue weighted by Crippen LogP contribution is -2.38. The standard InChI is InChI=1S/C9H14N2O4/c1-10-6(12)2-5-11-7(13)9(3-4-9)8(14)15/h2-5H2,1H3,(H,10,12)(H,11,13)(H,14,15). The highest BCUT2D eigenvalue weighted by Crippen LogP contribution is 2.45. The Morgan fingerprint density at radius 2 is 1.93 bits per heavy atom. The molecular weight excluding hydrogens is 200 g/mol. The van der Waals surface area contributed by atoms with Gasteiger partial charge in [0.2, 0.25) is 11.8 Å². The van der Waals surface area contributed by atoms with Gasteiger partial charge in [-0.2, -0.15) is 0 Å². The molecular formula is C9H14N2O4. The van der Waals surface area contributed by atoms with E-state index in [1.165, 1.54) is 7.05 Å². The Morgan fingerprint density at radius 1 is 1.33 bits per heavy atom. The molecule has 84 valence electrons. The van der Waals surface area contributed by atoms with Gasteiger partial charge in [-0.25, -0.2) is 0 Å². The summed E-state index contributed by atoms with van der Waals surface area (Å²) in [6, 6.07) is 0. The van der Waals surface area contributed by atoms with Gasteiger partial charge >= 0.3 is 5.97 Å². The van der Waals surface area contributed by atoms with Crippen LogP contribution in [0, 0.1) is 5.41 Å².